The lowest BCUT2D eigenvalue weighted by atomic mass is 10.1. The summed E-state index contributed by atoms with van der Waals surface area (Å²) in [6.07, 6.45) is 4.04. The van der Waals surface area contributed by atoms with Crippen molar-refractivity contribution in [3.63, 3.8) is 0 Å². The highest BCUT2D eigenvalue weighted by atomic mass is 79.9. The molecule has 2 rings (SSSR count). The minimum atomic E-state index is -0.216. The van der Waals surface area contributed by atoms with E-state index in [0.29, 0.717) is 6.04 Å². The van der Waals surface area contributed by atoms with E-state index in [1.165, 1.54) is 23.0 Å². The summed E-state index contributed by atoms with van der Waals surface area (Å²) in [7, 11) is 0. The van der Waals surface area contributed by atoms with Crippen molar-refractivity contribution in [3.05, 3.63) is 15.9 Å². The topological polar surface area (TPSA) is 41.3 Å². The first-order chi connectivity index (χ1) is 9.56. The Bertz CT molecular complexity index is 445. The fraction of sp³-hybridized carbons (Fsp3) is 0.800. The van der Waals surface area contributed by atoms with Gasteiger partial charge in [0, 0.05) is 19.1 Å². The van der Waals surface area contributed by atoms with E-state index in [4.69, 9.17) is 0 Å². The van der Waals surface area contributed by atoms with E-state index in [0.717, 1.165) is 38.2 Å². The Kier molecular flexibility index (Phi) is 5.64. The molecule has 20 heavy (non-hydrogen) atoms. The van der Waals surface area contributed by atoms with Gasteiger partial charge in [0.05, 0.1) is 22.0 Å². The molecule has 0 aliphatic carbocycles. The third-order valence-electron chi connectivity index (χ3n) is 4.16. The lowest BCUT2D eigenvalue weighted by Crippen LogP contribution is -2.32. The Balaban J connectivity index is 2.14. The third kappa shape index (κ3) is 3.43. The molecule has 1 aromatic heterocycles. The van der Waals surface area contributed by atoms with Gasteiger partial charge in [-0.25, -0.2) is 0 Å². The molecule has 0 spiro atoms. The van der Waals surface area contributed by atoms with Crippen LogP contribution in [0, 0.1) is 0 Å². The van der Waals surface area contributed by atoms with Crippen LogP contribution >= 0.6 is 15.9 Å². The van der Waals surface area contributed by atoms with E-state index in [1.807, 2.05) is 6.92 Å². The van der Waals surface area contributed by atoms with Crippen LogP contribution in [-0.2, 0) is 19.5 Å². The molecule has 1 saturated heterocycles. The van der Waals surface area contributed by atoms with E-state index in [9.17, 15) is 5.11 Å². The molecule has 1 aliphatic rings. The Morgan fingerprint density at radius 1 is 1.45 bits per heavy atom. The molecule has 2 atom stereocenters. The second kappa shape index (κ2) is 7.05. The van der Waals surface area contributed by atoms with E-state index in [1.54, 1.807) is 0 Å². The van der Waals surface area contributed by atoms with Crippen molar-refractivity contribution in [3.8, 4) is 0 Å². The third-order valence-corrected chi connectivity index (χ3v) is 5.07. The average molecular weight is 344 g/mol. The van der Waals surface area contributed by atoms with Crippen LogP contribution < -0.4 is 0 Å². The maximum absolute atomic E-state index is 9.64. The van der Waals surface area contributed by atoms with Gasteiger partial charge in [-0.3, -0.25) is 9.58 Å². The monoisotopic (exact) mass is 343 g/mol. The first-order valence-electron chi connectivity index (χ1n) is 7.72. The number of aliphatic hydroxyl groups excluding tert-OH is 1. The first kappa shape index (κ1) is 16.0. The van der Waals surface area contributed by atoms with Gasteiger partial charge in [0.15, 0.2) is 0 Å². The van der Waals surface area contributed by atoms with Crippen LogP contribution in [0.15, 0.2) is 4.47 Å². The smallest absolute Gasteiger partial charge is 0.0767 e. The fourth-order valence-electron chi connectivity index (χ4n) is 3.12. The van der Waals surface area contributed by atoms with Crippen LogP contribution in [0.4, 0.5) is 0 Å². The van der Waals surface area contributed by atoms with Gasteiger partial charge in [-0.2, -0.15) is 5.10 Å². The molecular weight excluding hydrogens is 318 g/mol. The van der Waals surface area contributed by atoms with E-state index >= 15 is 0 Å². The molecule has 0 radical (unpaired) electrons. The summed E-state index contributed by atoms with van der Waals surface area (Å²) < 4.78 is 3.28. The zero-order chi connectivity index (χ0) is 14.7. The molecule has 1 N–H and O–H groups in total. The largest absolute Gasteiger partial charge is 0.393 e. The summed E-state index contributed by atoms with van der Waals surface area (Å²) in [5.41, 5.74) is 2.43. The van der Waals surface area contributed by atoms with Crippen LogP contribution in [0.2, 0.25) is 0 Å². The van der Waals surface area contributed by atoms with Gasteiger partial charge >= 0.3 is 0 Å². The number of aryl methyl sites for hydroxylation is 2. The van der Waals surface area contributed by atoms with Crippen LogP contribution in [0.5, 0.6) is 0 Å². The number of rotatable bonds is 6. The highest BCUT2D eigenvalue weighted by Crippen LogP contribution is 2.28. The van der Waals surface area contributed by atoms with Gasteiger partial charge in [0.25, 0.3) is 0 Å². The zero-order valence-electron chi connectivity index (χ0n) is 12.8. The first-order valence-corrected chi connectivity index (χ1v) is 8.52. The van der Waals surface area contributed by atoms with Crippen molar-refractivity contribution in [1.82, 2.24) is 14.7 Å². The van der Waals surface area contributed by atoms with Crippen molar-refractivity contribution in [1.29, 1.82) is 0 Å². The van der Waals surface area contributed by atoms with E-state index in [-0.39, 0.29) is 6.10 Å². The number of halogens is 1. The van der Waals surface area contributed by atoms with Crippen LogP contribution in [0.1, 0.15) is 51.4 Å². The molecule has 0 aromatic carbocycles. The SMILES string of the molecule is CCc1nn(CC)c(CN2CCCC2CC(C)O)c1Br. The van der Waals surface area contributed by atoms with Crippen molar-refractivity contribution < 1.29 is 5.11 Å². The number of aromatic nitrogens is 2. The fourth-order valence-corrected chi connectivity index (χ4v) is 3.81. The number of nitrogens with zero attached hydrogens (tertiary/aromatic N) is 3. The quantitative estimate of drug-likeness (QED) is 0.863. The molecule has 4 nitrogen and oxygen atoms in total. The molecular formula is C15H26BrN3O. The lowest BCUT2D eigenvalue weighted by Gasteiger charge is -2.25. The highest BCUT2D eigenvalue weighted by Gasteiger charge is 2.27. The summed E-state index contributed by atoms with van der Waals surface area (Å²) in [5, 5.41) is 14.3. The minimum Gasteiger partial charge on any atom is -0.393 e. The second-order valence-corrected chi connectivity index (χ2v) is 6.52. The Morgan fingerprint density at radius 2 is 2.20 bits per heavy atom. The summed E-state index contributed by atoms with van der Waals surface area (Å²) in [4.78, 5) is 2.50. The van der Waals surface area contributed by atoms with E-state index < -0.39 is 0 Å². The van der Waals surface area contributed by atoms with Gasteiger partial charge < -0.3 is 5.11 Å². The average Bonchev–Trinajstić information content (AvgIpc) is 2.96. The second-order valence-electron chi connectivity index (χ2n) is 5.73. The molecule has 5 heteroatoms. The normalized spacial score (nSPS) is 21.6. The predicted octanol–water partition coefficient (Wildman–Crippen LogP) is 2.96. The van der Waals surface area contributed by atoms with Gasteiger partial charge in [-0.05, 0) is 62.0 Å². The van der Waals surface area contributed by atoms with Crippen LogP contribution in [-0.4, -0.2) is 38.5 Å². The zero-order valence-corrected chi connectivity index (χ0v) is 14.4. The number of hydrogen-bond donors (Lipinski definition) is 1. The van der Waals surface area contributed by atoms with Crippen molar-refractivity contribution in [2.24, 2.45) is 0 Å². The summed E-state index contributed by atoms with van der Waals surface area (Å²) >= 11 is 3.72. The Labute approximate surface area is 130 Å². The molecule has 0 saturated carbocycles. The highest BCUT2D eigenvalue weighted by molar-refractivity contribution is 9.10. The van der Waals surface area contributed by atoms with Gasteiger partial charge in [-0.1, -0.05) is 6.92 Å². The number of likely N-dealkylation sites (tertiary alicyclic amines) is 1. The van der Waals surface area contributed by atoms with Crippen LogP contribution in [0.25, 0.3) is 0 Å². The molecule has 2 unspecified atom stereocenters. The summed E-state index contributed by atoms with van der Waals surface area (Å²) in [5.74, 6) is 0. The van der Waals surface area contributed by atoms with Gasteiger partial charge in [0.1, 0.15) is 0 Å². The molecule has 1 aliphatic heterocycles. The molecule has 0 bridgehead atoms. The molecule has 1 aromatic rings. The Hall–Kier alpha value is -0.390. The van der Waals surface area contributed by atoms with Crippen LogP contribution in [0.3, 0.4) is 0 Å². The maximum Gasteiger partial charge on any atom is 0.0767 e. The maximum atomic E-state index is 9.64. The van der Waals surface area contributed by atoms with Gasteiger partial charge in [-0.15, -0.1) is 0 Å². The number of aliphatic hydroxyl groups is 1. The summed E-state index contributed by atoms with van der Waals surface area (Å²) in [6, 6.07) is 0.507. The molecule has 114 valence electrons. The molecule has 2 heterocycles. The minimum absolute atomic E-state index is 0.216. The Morgan fingerprint density at radius 3 is 2.80 bits per heavy atom. The van der Waals surface area contributed by atoms with E-state index in [2.05, 4.69) is 44.5 Å². The van der Waals surface area contributed by atoms with Crippen molar-refractivity contribution in [2.45, 2.75) is 71.7 Å². The van der Waals surface area contributed by atoms with Crippen molar-refractivity contribution >= 4 is 15.9 Å². The number of hydrogen-bond acceptors (Lipinski definition) is 3. The molecule has 1 fully saturated rings. The standard InChI is InChI=1S/C15H26BrN3O/c1-4-13-15(16)14(19(5-2)17-13)10-18-8-6-7-12(18)9-11(3)20/h11-12,20H,4-10H2,1-3H3. The van der Waals surface area contributed by atoms with Gasteiger partial charge in [0.2, 0.25) is 0 Å². The van der Waals surface area contributed by atoms with Crippen molar-refractivity contribution in [2.75, 3.05) is 6.54 Å². The lowest BCUT2D eigenvalue weighted by molar-refractivity contribution is 0.129. The molecule has 0 amide bonds. The summed E-state index contributed by atoms with van der Waals surface area (Å²) in [6.45, 7) is 9.13. The predicted molar refractivity (Wildman–Crippen MR) is 84.7 cm³/mol.